The molecule has 1 fully saturated rings. The third-order valence-corrected chi connectivity index (χ3v) is 6.64. The molecule has 0 radical (unpaired) electrons. The molecule has 0 amide bonds. The molecule has 0 unspecified atom stereocenters. The van der Waals surface area contributed by atoms with Crippen molar-refractivity contribution in [3.8, 4) is 0 Å². The second-order valence-electron chi connectivity index (χ2n) is 3.71. The second kappa shape index (κ2) is 3.96. The van der Waals surface area contributed by atoms with Gasteiger partial charge < -0.3 is 4.57 Å². The lowest BCUT2D eigenvalue weighted by Crippen LogP contribution is -2.43. The largest absolute Gasteiger partial charge is 0.400 e. The van der Waals surface area contributed by atoms with Gasteiger partial charge in [-0.3, -0.25) is 0 Å². The zero-order valence-electron chi connectivity index (χ0n) is 8.24. The summed E-state index contributed by atoms with van der Waals surface area (Å²) in [4.78, 5) is 0. The Balaban J connectivity index is 2.12. The van der Waals surface area contributed by atoms with Crippen LogP contribution in [0.4, 0.5) is 5.69 Å². The van der Waals surface area contributed by atoms with E-state index in [0.29, 0.717) is 0 Å². The highest BCUT2D eigenvalue weighted by atomic mass is 28.3. The highest BCUT2D eigenvalue weighted by Gasteiger charge is 2.25. The quantitative estimate of drug-likeness (QED) is 0.664. The summed E-state index contributed by atoms with van der Waals surface area (Å²) in [5.74, 6) is 0. The number of benzene rings is 1. The lowest BCUT2D eigenvalue weighted by molar-refractivity contribution is 0.888. The van der Waals surface area contributed by atoms with Crippen molar-refractivity contribution in [2.24, 2.45) is 0 Å². The third-order valence-electron chi connectivity index (χ3n) is 2.94. The van der Waals surface area contributed by atoms with Crippen LogP contribution in [-0.4, -0.2) is 15.5 Å². The van der Waals surface area contributed by atoms with Crippen LogP contribution < -0.4 is 4.57 Å². The molecule has 1 aromatic rings. The molecule has 1 heterocycles. The maximum atomic E-state index is 2.66. The minimum atomic E-state index is -0.509. The van der Waals surface area contributed by atoms with Crippen LogP contribution in [0.25, 0.3) is 0 Å². The van der Waals surface area contributed by atoms with E-state index in [0.717, 1.165) is 0 Å². The summed E-state index contributed by atoms with van der Waals surface area (Å²) < 4.78 is 2.66. The highest BCUT2D eigenvalue weighted by Crippen LogP contribution is 2.27. The molecule has 0 N–H and O–H groups in total. The minimum Gasteiger partial charge on any atom is -0.400 e. The summed E-state index contributed by atoms with van der Waals surface area (Å²) in [7, 11) is -0.509. The van der Waals surface area contributed by atoms with Crippen LogP contribution >= 0.6 is 0 Å². The van der Waals surface area contributed by atoms with Crippen molar-refractivity contribution >= 4 is 14.6 Å². The molecule has 2 rings (SSSR count). The van der Waals surface area contributed by atoms with Crippen molar-refractivity contribution in [2.45, 2.75) is 25.4 Å². The minimum absolute atomic E-state index is 0.509. The van der Waals surface area contributed by atoms with Gasteiger partial charge in [0, 0.05) is 12.2 Å². The van der Waals surface area contributed by atoms with Crippen LogP contribution in [0.15, 0.2) is 30.3 Å². The molecule has 1 aliphatic rings. The fourth-order valence-corrected chi connectivity index (χ4v) is 4.48. The molecule has 1 nitrogen and oxygen atoms in total. The Morgan fingerprint density at radius 1 is 1.23 bits per heavy atom. The van der Waals surface area contributed by atoms with Gasteiger partial charge >= 0.3 is 0 Å². The average Bonchev–Trinajstić information content (AvgIpc) is 2.12. The summed E-state index contributed by atoms with van der Waals surface area (Å²) in [5.41, 5.74) is 1.45. The molecule has 1 aromatic carbocycles. The van der Waals surface area contributed by atoms with Crippen LogP contribution in [0.3, 0.4) is 0 Å². The van der Waals surface area contributed by atoms with E-state index in [-0.39, 0.29) is 0 Å². The maximum absolute atomic E-state index is 2.66. The molecular formula is C11H17NSi. The van der Waals surface area contributed by atoms with Crippen molar-refractivity contribution < 1.29 is 0 Å². The Hall–Kier alpha value is -0.763. The van der Waals surface area contributed by atoms with Gasteiger partial charge in [-0.05, 0) is 31.1 Å². The first-order valence-electron chi connectivity index (χ1n) is 5.23. The Labute approximate surface area is 82.1 Å². The number of hydrogen-bond acceptors (Lipinski definition) is 1. The number of para-hydroxylation sites is 1. The smallest absolute Gasteiger partial charge is 0.140 e. The standard InChI is InChI=1S/C11H17NSi/c1-2-12(13-9-6-10-13)11-7-4-3-5-8-11/h3-5,7-8,13H,2,6,9-10H2,1H3. The molecule has 0 atom stereocenters. The van der Waals surface area contributed by atoms with E-state index in [1.807, 2.05) is 0 Å². The zero-order chi connectivity index (χ0) is 9.10. The topological polar surface area (TPSA) is 3.24 Å². The van der Waals surface area contributed by atoms with Crippen LogP contribution in [0.1, 0.15) is 13.3 Å². The molecule has 70 valence electrons. The van der Waals surface area contributed by atoms with E-state index in [2.05, 4.69) is 41.8 Å². The molecule has 0 spiro atoms. The van der Waals surface area contributed by atoms with E-state index >= 15 is 0 Å². The van der Waals surface area contributed by atoms with E-state index in [1.54, 1.807) is 0 Å². The Kier molecular flexibility index (Phi) is 2.69. The van der Waals surface area contributed by atoms with Crippen LogP contribution in [-0.2, 0) is 0 Å². The number of hydrogen-bond donors (Lipinski definition) is 0. The monoisotopic (exact) mass is 191 g/mol. The van der Waals surface area contributed by atoms with Crippen molar-refractivity contribution in [2.75, 3.05) is 11.1 Å². The number of rotatable bonds is 3. The van der Waals surface area contributed by atoms with Gasteiger partial charge in [-0.25, -0.2) is 0 Å². The molecule has 1 aliphatic heterocycles. The first-order valence-corrected chi connectivity index (χ1v) is 7.38. The van der Waals surface area contributed by atoms with E-state index in [1.165, 1.54) is 30.7 Å². The van der Waals surface area contributed by atoms with Crippen LogP contribution in [0.2, 0.25) is 12.1 Å². The highest BCUT2D eigenvalue weighted by molar-refractivity contribution is 6.65. The lowest BCUT2D eigenvalue weighted by atomic mass is 10.3. The molecule has 0 saturated carbocycles. The summed E-state index contributed by atoms with van der Waals surface area (Å²) in [6.07, 6.45) is 1.47. The molecule has 0 bridgehead atoms. The average molecular weight is 191 g/mol. The Morgan fingerprint density at radius 2 is 1.92 bits per heavy atom. The Bertz CT molecular complexity index is 256. The molecule has 2 heteroatoms. The van der Waals surface area contributed by atoms with Gasteiger partial charge in [0.2, 0.25) is 0 Å². The predicted octanol–water partition coefficient (Wildman–Crippen LogP) is 2.64. The molecule has 0 aliphatic carbocycles. The third kappa shape index (κ3) is 1.78. The van der Waals surface area contributed by atoms with Gasteiger partial charge in [0.25, 0.3) is 0 Å². The molecular weight excluding hydrogens is 174 g/mol. The molecule has 1 saturated heterocycles. The SMILES string of the molecule is CCN(c1ccccc1)[SiH]1CCC1. The normalized spacial score (nSPS) is 16.7. The van der Waals surface area contributed by atoms with Gasteiger partial charge in [0.1, 0.15) is 8.96 Å². The molecule has 0 aromatic heterocycles. The summed E-state index contributed by atoms with van der Waals surface area (Å²) in [6.45, 7) is 3.47. The van der Waals surface area contributed by atoms with E-state index in [9.17, 15) is 0 Å². The van der Waals surface area contributed by atoms with Gasteiger partial charge in [0.05, 0.1) is 0 Å². The van der Waals surface area contributed by atoms with Crippen molar-refractivity contribution in [3.63, 3.8) is 0 Å². The second-order valence-corrected chi connectivity index (χ2v) is 6.79. The van der Waals surface area contributed by atoms with Crippen molar-refractivity contribution in [3.05, 3.63) is 30.3 Å². The van der Waals surface area contributed by atoms with Gasteiger partial charge in [0.15, 0.2) is 0 Å². The van der Waals surface area contributed by atoms with Crippen LogP contribution in [0.5, 0.6) is 0 Å². The zero-order valence-corrected chi connectivity index (χ0v) is 9.39. The molecule has 13 heavy (non-hydrogen) atoms. The summed E-state index contributed by atoms with van der Waals surface area (Å²) in [5, 5.41) is 0. The Morgan fingerprint density at radius 3 is 2.38 bits per heavy atom. The lowest BCUT2D eigenvalue weighted by Gasteiger charge is -2.37. The fourth-order valence-electron chi connectivity index (χ4n) is 1.97. The predicted molar refractivity (Wildman–Crippen MR) is 60.8 cm³/mol. The van der Waals surface area contributed by atoms with Gasteiger partial charge in [-0.15, -0.1) is 0 Å². The van der Waals surface area contributed by atoms with Crippen molar-refractivity contribution in [1.82, 2.24) is 0 Å². The first-order chi connectivity index (χ1) is 6.42. The van der Waals surface area contributed by atoms with Crippen molar-refractivity contribution in [1.29, 1.82) is 0 Å². The maximum Gasteiger partial charge on any atom is 0.140 e. The summed E-state index contributed by atoms with van der Waals surface area (Å²) in [6, 6.07) is 13.9. The van der Waals surface area contributed by atoms with Gasteiger partial charge in [-0.2, -0.15) is 0 Å². The van der Waals surface area contributed by atoms with E-state index < -0.39 is 8.96 Å². The number of anilines is 1. The number of nitrogens with zero attached hydrogens (tertiary/aromatic N) is 1. The van der Waals surface area contributed by atoms with Crippen LogP contribution in [0, 0.1) is 0 Å². The summed E-state index contributed by atoms with van der Waals surface area (Å²) >= 11 is 0. The first kappa shape index (κ1) is 8.82. The van der Waals surface area contributed by atoms with Gasteiger partial charge in [-0.1, -0.05) is 24.6 Å². The van der Waals surface area contributed by atoms with E-state index in [4.69, 9.17) is 0 Å². The fraction of sp³-hybridized carbons (Fsp3) is 0.455.